The lowest BCUT2D eigenvalue weighted by Crippen LogP contribution is -2.27. The van der Waals surface area contributed by atoms with Crippen LogP contribution in [0.5, 0.6) is 0 Å². The number of pyridine rings is 1. The van der Waals surface area contributed by atoms with Gasteiger partial charge in [-0.15, -0.1) is 11.3 Å². The summed E-state index contributed by atoms with van der Waals surface area (Å²) in [6, 6.07) is 3.05. The zero-order valence-electron chi connectivity index (χ0n) is 10.9. The molecule has 2 aromatic rings. The number of nitrogens with zero attached hydrogens (tertiary/aromatic N) is 3. The third kappa shape index (κ3) is 3.56. The van der Waals surface area contributed by atoms with E-state index in [9.17, 15) is 14.9 Å². The number of hydrogen-bond donors (Lipinski definition) is 1. The molecule has 0 atom stereocenters. The van der Waals surface area contributed by atoms with Crippen molar-refractivity contribution in [3.8, 4) is 0 Å². The first-order valence-corrected chi connectivity index (χ1v) is 7.44. The van der Waals surface area contributed by atoms with Crippen LogP contribution in [0.3, 0.4) is 0 Å². The van der Waals surface area contributed by atoms with Gasteiger partial charge in [-0.3, -0.25) is 14.9 Å². The number of hydrogen-bond acceptors (Lipinski definition) is 6. The number of nitrogens with two attached hydrogens (primary N) is 1. The Balaban J connectivity index is 2.22. The second-order valence-corrected chi connectivity index (χ2v) is 6.19. The Morgan fingerprint density at radius 2 is 2.29 bits per heavy atom. The minimum Gasteiger partial charge on any atom is -0.383 e. The van der Waals surface area contributed by atoms with Crippen molar-refractivity contribution in [3.63, 3.8) is 0 Å². The van der Waals surface area contributed by atoms with Gasteiger partial charge < -0.3 is 10.6 Å². The molecule has 0 saturated carbocycles. The molecule has 2 rings (SSSR count). The molecule has 0 unspecified atom stereocenters. The van der Waals surface area contributed by atoms with E-state index in [0.29, 0.717) is 6.54 Å². The van der Waals surface area contributed by atoms with Gasteiger partial charge in [0, 0.05) is 27.8 Å². The van der Waals surface area contributed by atoms with Gasteiger partial charge in [0.2, 0.25) is 0 Å². The molecule has 110 valence electrons. The lowest BCUT2D eigenvalue weighted by atomic mass is 10.2. The summed E-state index contributed by atoms with van der Waals surface area (Å²) >= 11 is 4.85. The minimum atomic E-state index is -0.612. The van der Waals surface area contributed by atoms with Crippen LogP contribution in [0.1, 0.15) is 15.2 Å². The van der Waals surface area contributed by atoms with Crippen LogP contribution < -0.4 is 5.73 Å². The highest BCUT2D eigenvalue weighted by atomic mass is 79.9. The van der Waals surface area contributed by atoms with E-state index >= 15 is 0 Å². The van der Waals surface area contributed by atoms with Gasteiger partial charge in [-0.2, -0.15) is 0 Å². The third-order valence-corrected chi connectivity index (χ3v) is 4.39. The van der Waals surface area contributed by atoms with Crippen LogP contribution in [0, 0.1) is 10.1 Å². The minimum absolute atomic E-state index is 0.0233. The summed E-state index contributed by atoms with van der Waals surface area (Å²) in [6.07, 6.45) is 1.03. The van der Waals surface area contributed by atoms with E-state index in [2.05, 4.69) is 20.9 Å². The Morgan fingerprint density at radius 1 is 1.57 bits per heavy atom. The second kappa shape index (κ2) is 6.19. The largest absolute Gasteiger partial charge is 0.383 e. The normalized spacial score (nSPS) is 10.4. The number of aromatic nitrogens is 1. The first-order chi connectivity index (χ1) is 9.88. The molecular formula is C12H11BrN4O3S. The molecule has 2 aromatic heterocycles. The second-order valence-electron chi connectivity index (χ2n) is 4.28. The Hall–Kier alpha value is -2.00. The Labute approximate surface area is 132 Å². The van der Waals surface area contributed by atoms with Crippen molar-refractivity contribution in [2.75, 3.05) is 12.8 Å². The van der Waals surface area contributed by atoms with Gasteiger partial charge in [-0.25, -0.2) is 4.98 Å². The fourth-order valence-corrected chi connectivity index (χ4v) is 3.19. The number of amides is 1. The van der Waals surface area contributed by atoms with Crippen molar-refractivity contribution in [2.45, 2.75) is 6.54 Å². The van der Waals surface area contributed by atoms with Crippen molar-refractivity contribution in [3.05, 3.63) is 48.7 Å². The van der Waals surface area contributed by atoms with E-state index in [4.69, 9.17) is 5.73 Å². The quantitative estimate of drug-likeness (QED) is 0.658. The molecule has 0 bridgehead atoms. The van der Waals surface area contributed by atoms with E-state index in [1.54, 1.807) is 7.05 Å². The van der Waals surface area contributed by atoms with Crippen molar-refractivity contribution >= 4 is 44.7 Å². The van der Waals surface area contributed by atoms with Crippen LogP contribution in [-0.2, 0) is 6.54 Å². The summed E-state index contributed by atoms with van der Waals surface area (Å²) in [5.41, 5.74) is 5.41. The molecule has 0 aliphatic carbocycles. The maximum Gasteiger partial charge on any atom is 0.288 e. The van der Waals surface area contributed by atoms with Crippen LogP contribution in [0.4, 0.5) is 11.5 Å². The molecule has 21 heavy (non-hydrogen) atoms. The number of rotatable bonds is 4. The molecular weight excluding hydrogens is 360 g/mol. The highest BCUT2D eigenvalue weighted by Crippen LogP contribution is 2.23. The monoisotopic (exact) mass is 370 g/mol. The Kier molecular flexibility index (Phi) is 4.53. The number of carbonyl (C=O) groups excluding carboxylic acids is 1. The summed E-state index contributed by atoms with van der Waals surface area (Å²) in [6.45, 7) is 0.386. The summed E-state index contributed by atoms with van der Waals surface area (Å²) in [5, 5.41) is 12.7. The van der Waals surface area contributed by atoms with Gasteiger partial charge in [0.05, 0.1) is 17.0 Å². The molecule has 0 aliphatic heterocycles. The van der Waals surface area contributed by atoms with Gasteiger partial charge in [0.25, 0.3) is 11.6 Å². The lowest BCUT2D eigenvalue weighted by Gasteiger charge is -2.16. The highest BCUT2D eigenvalue weighted by molar-refractivity contribution is 9.10. The average Bonchev–Trinajstić information content (AvgIpc) is 2.83. The molecule has 0 aliphatic rings. The molecule has 1 amide bonds. The highest BCUT2D eigenvalue weighted by Gasteiger charge is 2.20. The van der Waals surface area contributed by atoms with E-state index in [0.717, 1.165) is 21.6 Å². The zero-order valence-corrected chi connectivity index (χ0v) is 13.3. The predicted molar refractivity (Wildman–Crippen MR) is 83.1 cm³/mol. The van der Waals surface area contributed by atoms with Crippen LogP contribution in [0.2, 0.25) is 0 Å². The van der Waals surface area contributed by atoms with Gasteiger partial charge in [0.1, 0.15) is 12.0 Å². The van der Waals surface area contributed by atoms with Gasteiger partial charge >= 0.3 is 0 Å². The smallest absolute Gasteiger partial charge is 0.288 e. The number of anilines is 1. The van der Waals surface area contributed by atoms with Crippen LogP contribution in [0.25, 0.3) is 0 Å². The first kappa shape index (κ1) is 15.4. The van der Waals surface area contributed by atoms with Crippen molar-refractivity contribution in [1.29, 1.82) is 0 Å². The molecule has 2 N–H and O–H groups in total. The van der Waals surface area contributed by atoms with Crippen molar-refractivity contribution < 1.29 is 9.72 Å². The molecule has 0 radical (unpaired) electrons. The summed E-state index contributed by atoms with van der Waals surface area (Å²) < 4.78 is 0.944. The standard InChI is InChI=1S/C12H11BrN4O3S/c1-16(5-9-2-7(13)6-21-9)12(18)10-3-8(17(19)20)4-15-11(10)14/h2-4,6H,5H2,1H3,(H2,14,15). The van der Waals surface area contributed by atoms with Crippen LogP contribution in [-0.4, -0.2) is 27.8 Å². The first-order valence-electron chi connectivity index (χ1n) is 5.76. The van der Waals surface area contributed by atoms with Crippen molar-refractivity contribution in [2.24, 2.45) is 0 Å². The maximum atomic E-state index is 12.3. The number of nitro groups is 1. The topological polar surface area (TPSA) is 102 Å². The van der Waals surface area contributed by atoms with Gasteiger partial charge in [-0.05, 0) is 22.0 Å². The number of nitrogen functional groups attached to an aromatic ring is 1. The fraction of sp³-hybridized carbons (Fsp3) is 0.167. The average molecular weight is 371 g/mol. The maximum absolute atomic E-state index is 12.3. The van der Waals surface area contributed by atoms with Crippen LogP contribution >= 0.6 is 27.3 Å². The third-order valence-electron chi connectivity index (χ3n) is 2.71. The Bertz CT molecular complexity index is 704. The fourth-order valence-electron chi connectivity index (χ4n) is 1.68. The van der Waals surface area contributed by atoms with Gasteiger partial charge in [-0.1, -0.05) is 0 Å². The van der Waals surface area contributed by atoms with Gasteiger partial charge in [0.15, 0.2) is 0 Å². The molecule has 0 aromatic carbocycles. The SMILES string of the molecule is CN(Cc1cc(Br)cs1)C(=O)c1cc([N+](=O)[O-])cnc1N. The zero-order chi connectivity index (χ0) is 15.6. The van der Waals surface area contributed by atoms with E-state index in [1.165, 1.54) is 16.2 Å². The summed E-state index contributed by atoms with van der Waals surface area (Å²) in [4.78, 5) is 28.6. The predicted octanol–water partition coefficient (Wildman–Crippen LogP) is 2.67. The van der Waals surface area contributed by atoms with Crippen molar-refractivity contribution in [1.82, 2.24) is 9.88 Å². The summed E-state index contributed by atoms with van der Waals surface area (Å²) in [7, 11) is 1.61. The molecule has 0 spiro atoms. The summed E-state index contributed by atoms with van der Waals surface area (Å²) in [5.74, 6) is -0.432. The lowest BCUT2D eigenvalue weighted by molar-refractivity contribution is -0.385. The Morgan fingerprint density at radius 3 is 2.86 bits per heavy atom. The number of halogens is 1. The van der Waals surface area contributed by atoms with E-state index in [-0.39, 0.29) is 17.1 Å². The number of carbonyl (C=O) groups is 1. The van der Waals surface area contributed by atoms with Crippen LogP contribution in [0.15, 0.2) is 28.2 Å². The van der Waals surface area contributed by atoms with E-state index in [1.807, 2.05) is 11.4 Å². The molecule has 2 heterocycles. The molecule has 7 nitrogen and oxygen atoms in total. The number of thiophene rings is 1. The molecule has 9 heteroatoms. The van der Waals surface area contributed by atoms with E-state index < -0.39 is 10.8 Å². The molecule has 0 fully saturated rings. The molecule has 0 saturated heterocycles.